The Kier molecular flexibility index (Phi) is 3.60. The van der Waals surface area contributed by atoms with Gasteiger partial charge in [0.15, 0.2) is 4.67 Å². The van der Waals surface area contributed by atoms with Gasteiger partial charge in [-0.15, -0.1) is 0 Å². The van der Waals surface area contributed by atoms with E-state index < -0.39 is 0 Å². The molecule has 1 aromatic heterocycles. The first-order valence-corrected chi connectivity index (χ1v) is 6.08. The predicted octanol–water partition coefficient (Wildman–Crippen LogP) is 4.40. The summed E-state index contributed by atoms with van der Waals surface area (Å²) in [6, 6.07) is 6.72. The molecule has 16 heavy (non-hydrogen) atoms. The third-order valence-corrected chi connectivity index (χ3v) is 3.49. The van der Waals surface area contributed by atoms with E-state index in [1.165, 1.54) is 0 Å². The van der Waals surface area contributed by atoms with E-state index in [1.807, 2.05) is 6.07 Å². The molecule has 0 aliphatic carbocycles. The number of rotatable bonds is 2. The molecule has 2 nitrogen and oxygen atoms in total. The van der Waals surface area contributed by atoms with Crippen molar-refractivity contribution >= 4 is 39.1 Å². The van der Waals surface area contributed by atoms with Crippen molar-refractivity contribution in [2.75, 3.05) is 0 Å². The number of hydrogen-bond donors (Lipinski definition) is 1. The molecule has 84 valence electrons. The zero-order valence-electron chi connectivity index (χ0n) is 8.08. The lowest BCUT2D eigenvalue weighted by Crippen LogP contribution is -2.11. The number of benzene rings is 1. The van der Waals surface area contributed by atoms with E-state index in [-0.39, 0.29) is 6.04 Å². The minimum absolute atomic E-state index is 0.335. The van der Waals surface area contributed by atoms with Crippen LogP contribution in [0.15, 0.2) is 39.6 Å². The van der Waals surface area contributed by atoms with E-state index in [9.17, 15) is 0 Å². The van der Waals surface area contributed by atoms with Crippen LogP contribution in [0.1, 0.15) is 17.2 Å². The van der Waals surface area contributed by atoms with Gasteiger partial charge in [-0.3, -0.25) is 0 Å². The lowest BCUT2D eigenvalue weighted by atomic mass is 10.0. The summed E-state index contributed by atoms with van der Waals surface area (Å²) in [5.41, 5.74) is 7.76. The summed E-state index contributed by atoms with van der Waals surface area (Å²) in [5, 5.41) is 1.14. The quantitative estimate of drug-likeness (QED) is 0.891. The van der Waals surface area contributed by atoms with E-state index in [0.717, 1.165) is 11.1 Å². The average Bonchev–Trinajstić information content (AvgIpc) is 2.63. The number of hydrogen-bond acceptors (Lipinski definition) is 2. The van der Waals surface area contributed by atoms with Crippen molar-refractivity contribution < 1.29 is 4.42 Å². The number of halogens is 3. The smallest absolute Gasteiger partial charge is 0.174 e. The minimum atomic E-state index is -0.335. The average molecular weight is 321 g/mol. The summed E-state index contributed by atoms with van der Waals surface area (Å²) < 4.78 is 5.75. The second-order valence-electron chi connectivity index (χ2n) is 3.29. The highest BCUT2D eigenvalue weighted by Gasteiger charge is 2.17. The molecule has 1 aromatic carbocycles. The molecule has 2 N–H and O–H groups in total. The van der Waals surface area contributed by atoms with Gasteiger partial charge in [0.25, 0.3) is 0 Å². The first-order valence-electron chi connectivity index (χ1n) is 4.53. The molecule has 0 radical (unpaired) electrons. The van der Waals surface area contributed by atoms with Crippen molar-refractivity contribution in [1.82, 2.24) is 0 Å². The molecule has 0 spiro atoms. The highest BCUT2D eigenvalue weighted by molar-refractivity contribution is 9.10. The van der Waals surface area contributed by atoms with E-state index >= 15 is 0 Å². The molecule has 0 saturated heterocycles. The van der Waals surface area contributed by atoms with Crippen LogP contribution in [-0.4, -0.2) is 0 Å². The zero-order valence-corrected chi connectivity index (χ0v) is 11.2. The number of furan rings is 1. The van der Waals surface area contributed by atoms with E-state index in [4.69, 9.17) is 33.4 Å². The summed E-state index contributed by atoms with van der Waals surface area (Å²) >= 11 is 15.2. The van der Waals surface area contributed by atoms with Gasteiger partial charge in [-0.1, -0.05) is 29.3 Å². The van der Waals surface area contributed by atoms with Crippen molar-refractivity contribution in [3.05, 3.63) is 56.4 Å². The Balaban J connectivity index is 2.41. The second kappa shape index (κ2) is 4.80. The Morgan fingerprint density at radius 3 is 2.50 bits per heavy atom. The second-order valence-corrected chi connectivity index (χ2v) is 4.86. The maximum absolute atomic E-state index is 6.09. The van der Waals surface area contributed by atoms with Gasteiger partial charge in [-0.25, -0.2) is 0 Å². The van der Waals surface area contributed by atoms with Gasteiger partial charge < -0.3 is 10.2 Å². The minimum Gasteiger partial charge on any atom is -0.457 e. The van der Waals surface area contributed by atoms with Crippen LogP contribution in [0.5, 0.6) is 0 Å². The Morgan fingerprint density at radius 2 is 1.94 bits per heavy atom. The highest BCUT2D eigenvalue weighted by atomic mass is 79.9. The molecular weight excluding hydrogens is 313 g/mol. The van der Waals surface area contributed by atoms with Gasteiger partial charge in [-0.2, -0.15) is 0 Å². The fourth-order valence-electron chi connectivity index (χ4n) is 1.45. The topological polar surface area (TPSA) is 39.2 Å². The Bertz CT molecular complexity index is 512. The van der Waals surface area contributed by atoms with Gasteiger partial charge in [0.1, 0.15) is 0 Å². The van der Waals surface area contributed by atoms with Crippen LogP contribution in [0.4, 0.5) is 0 Å². The molecule has 0 bridgehead atoms. The van der Waals surface area contributed by atoms with Crippen molar-refractivity contribution in [3.8, 4) is 0 Å². The zero-order chi connectivity index (χ0) is 11.7. The first kappa shape index (κ1) is 12.0. The standard InChI is InChI=1S/C11H8BrCl2NO/c12-11-8(3-4-16-11)10(15)7-2-1-6(13)5-9(7)14/h1-5,10H,15H2. The number of nitrogens with two attached hydrogens (primary N) is 1. The van der Waals surface area contributed by atoms with Crippen molar-refractivity contribution in [2.45, 2.75) is 6.04 Å². The van der Waals surface area contributed by atoms with Gasteiger partial charge >= 0.3 is 0 Å². The van der Waals surface area contributed by atoms with E-state index in [2.05, 4.69) is 15.9 Å². The molecule has 2 rings (SSSR count). The maximum Gasteiger partial charge on any atom is 0.174 e. The van der Waals surface area contributed by atoms with Crippen molar-refractivity contribution in [3.63, 3.8) is 0 Å². The molecule has 0 amide bonds. The van der Waals surface area contributed by atoms with Crippen LogP contribution in [0, 0.1) is 0 Å². The van der Waals surface area contributed by atoms with Crippen LogP contribution in [0.2, 0.25) is 10.0 Å². The van der Waals surface area contributed by atoms with Crippen LogP contribution in [-0.2, 0) is 0 Å². The molecule has 1 unspecified atom stereocenters. The SMILES string of the molecule is NC(c1ccc(Cl)cc1Cl)c1ccoc1Br. The van der Waals surface area contributed by atoms with Crippen molar-refractivity contribution in [2.24, 2.45) is 5.73 Å². The van der Waals surface area contributed by atoms with Crippen LogP contribution in [0.3, 0.4) is 0 Å². The summed E-state index contributed by atoms with van der Waals surface area (Å²) in [7, 11) is 0. The normalized spacial score (nSPS) is 12.8. The van der Waals surface area contributed by atoms with E-state index in [1.54, 1.807) is 24.5 Å². The summed E-state index contributed by atoms with van der Waals surface area (Å²) in [6.07, 6.45) is 1.57. The molecule has 1 heterocycles. The van der Waals surface area contributed by atoms with Gasteiger partial charge in [0, 0.05) is 15.6 Å². The van der Waals surface area contributed by atoms with Gasteiger partial charge in [0.2, 0.25) is 0 Å². The monoisotopic (exact) mass is 319 g/mol. The van der Waals surface area contributed by atoms with Gasteiger partial charge in [-0.05, 0) is 39.7 Å². The van der Waals surface area contributed by atoms with Crippen molar-refractivity contribution in [1.29, 1.82) is 0 Å². The molecule has 0 fully saturated rings. The Labute approximate surface area is 111 Å². The highest BCUT2D eigenvalue weighted by Crippen LogP contribution is 2.32. The third kappa shape index (κ3) is 2.28. The van der Waals surface area contributed by atoms with Crippen LogP contribution in [0.25, 0.3) is 0 Å². The molecule has 5 heteroatoms. The first-order chi connectivity index (χ1) is 7.59. The fraction of sp³-hybridized carbons (Fsp3) is 0.0909. The molecule has 0 aliphatic rings. The van der Waals surface area contributed by atoms with Crippen LogP contribution < -0.4 is 5.73 Å². The molecule has 0 saturated carbocycles. The maximum atomic E-state index is 6.09. The summed E-state index contributed by atoms with van der Waals surface area (Å²) in [5.74, 6) is 0. The lowest BCUT2D eigenvalue weighted by molar-refractivity contribution is 0.534. The lowest BCUT2D eigenvalue weighted by Gasteiger charge is -2.12. The summed E-state index contributed by atoms with van der Waals surface area (Å²) in [4.78, 5) is 0. The predicted molar refractivity (Wildman–Crippen MR) is 68.9 cm³/mol. The van der Waals surface area contributed by atoms with E-state index in [0.29, 0.717) is 14.7 Å². The van der Waals surface area contributed by atoms with Gasteiger partial charge in [0.05, 0.1) is 12.3 Å². The largest absolute Gasteiger partial charge is 0.457 e. The molecular formula is C11H8BrCl2NO. The molecule has 1 atom stereocenters. The fourth-order valence-corrected chi connectivity index (χ4v) is 2.46. The van der Waals surface area contributed by atoms with Crippen LogP contribution >= 0.6 is 39.1 Å². The molecule has 0 aliphatic heterocycles. The summed E-state index contributed by atoms with van der Waals surface area (Å²) in [6.45, 7) is 0. The molecule has 2 aromatic rings. The third-order valence-electron chi connectivity index (χ3n) is 2.28. The Morgan fingerprint density at radius 1 is 1.19 bits per heavy atom. The Hall–Kier alpha value is -0.480.